The Bertz CT molecular complexity index is 605. The fourth-order valence-electron chi connectivity index (χ4n) is 2.11. The summed E-state index contributed by atoms with van der Waals surface area (Å²) in [4.78, 5) is 12.3. The number of ketones is 1. The van der Waals surface area contributed by atoms with Crippen molar-refractivity contribution < 1.29 is 14.3 Å². The highest BCUT2D eigenvalue weighted by atomic mass is 16.5. The van der Waals surface area contributed by atoms with Crippen molar-refractivity contribution in [3.8, 4) is 11.5 Å². The van der Waals surface area contributed by atoms with Gasteiger partial charge in [0.15, 0.2) is 5.78 Å². The van der Waals surface area contributed by atoms with E-state index < -0.39 is 0 Å². The number of Topliss-reactive ketones (excluding diaryl/α,β-unsaturated/α-hetero) is 1. The standard InChI is InChI=1S/C18H21NO3/c1-13(18(20)15-6-10-17(22-3)11-7-15)19-12-14-4-8-16(21-2)9-5-14/h4-11,13,19H,12H2,1-3H3. The Morgan fingerprint density at radius 1 is 0.955 bits per heavy atom. The largest absolute Gasteiger partial charge is 0.497 e. The minimum Gasteiger partial charge on any atom is -0.497 e. The van der Waals surface area contributed by atoms with Crippen LogP contribution in [-0.2, 0) is 6.54 Å². The summed E-state index contributed by atoms with van der Waals surface area (Å²) in [6.07, 6.45) is 0. The van der Waals surface area contributed by atoms with Crippen molar-refractivity contribution in [3.05, 3.63) is 59.7 Å². The van der Waals surface area contributed by atoms with Crippen molar-refractivity contribution in [1.29, 1.82) is 0 Å². The zero-order valence-corrected chi connectivity index (χ0v) is 13.1. The number of carbonyl (C=O) groups excluding carboxylic acids is 1. The van der Waals surface area contributed by atoms with Gasteiger partial charge in [0.25, 0.3) is 0 Å². The number of carbonyl (C=O) groups is 1. The van der Waals surface area contributed by atoms with Gasteiger partial charge in [0.2, 0.25) is 0 Å². The van der Waals surface area contributed by atoms with Gasteiger partial charge in [-0.15, -0.1) is 0 Å². The molecule has 0 radical (unpaired) electrons. The van der Waals surface area contributed by atoms with Gasteiger partial charge in [0, 0.05) is 12.1 Å². The zero-order chi connectivity index (χ0) is 15.9. The molecule has 4 nitrogen and oxygen atoms in total. The number of rotatable bonds is 7. The lowest BCUT2D eigenvalue weighted by molar-refractivity contribution is 0.0950. The lowest BCUT2D eigenvalue weighted by atomic mass is 10.0. The number of benzene rings is 2. The quantitative estimate of drug-likeness (QED) is 0.798. The fraction of sp³-hybridized carbons (Fsp3) is 0.278. The molecule has 0 aliphatic heterocycles. The average molecular weight is 299 g/mol. The second-order valence-electron chi connectivity index (χ2n) is 5.04. The van der Waals surface area contributed by atoms with Crippen molar-refractivity contribution in [2.75, 3.05) is 14.2 Å². The fourth-order valence-corrected chi connectivity index (χ4v) is 2.11. The molecule has 0 aromatic heterocycles. The van der Waals surface area contributed by atoms with E-state index in [2.05, 4.69) is 5.32 Å². The SMILES string of the molecule is COc1ccc(CNC(C)C(=O)c2ccc(OC)cc2)cc1. The molecule has 1 unspecified atom stereocenters. The molecule has 22 heavy (non-hydrogen) atoms. The summed E-state index contributed by atoms with van der Waals surface area (Å²) in [6, 6.07) is 14.7. The molecule has 0 bridgehead atoms. The zero-order valence-electron chi connectivity index (χ0n) is 13.1. The van der Waals surface area contributed by atoms with Crippen LogP contribution in [0, 0.1) is 0 Å². The maximum absolute atomic E-state index is 12.3. The van der Waals surface area contributed by atoms with E-state index in [4.69, 9.17) is 9.47 Å². The van der Waals surface area contributed by atoms with Crippen LogP contribution >= 0.6 is 0 Å². The molecule has 116 valence electrons. The lowest BCUT2D eigenvalue weighted by Crippen LogP contribution is -2.33. The van der Waals surface area contributed by atoms with Crippen LogP contribution in [-0.4, -0.2) is 26.0 Å². The number of hydrogen-bond acceptors (Lipinski definition) is 4. The average Bonchev–Trinajstić information content (AvgIpc) is 2.59. The Balaban J connectivity index is 1.92. The molecule has 1 atom stereocenters. The second-order valence-corrected chi connectivity index (χ2v) is 5.04. The van der Waals surface area contributed by atoms with Crippen molar-refractivity contribution in [2.24, 2.45) is 0 Å². The van der Waals surface area contributed by atoms with E-state index in [0.29, 0.717) is 12.1 Å². The summed E-state index contributed by atoms with van der Waals surface area (Å²) in [5, 5.41) is 3.24. The second kappa shape index (κ2) is 7.61. The van der Waals surface area contributed by atoms with Gasteiger partial charge < -0.3 is 14.8 Å². The van der Waals surface area contributed by atoms with Gasteiger partial charge in [-0.2, -0.15) is 0 Å². The Kier molecular flexibility index (Phi) is 5.55. The first kappa shape index (κ1) is 16.0. The van der Waals surface area contributed by atoms with Crippen molar-refractivity contribution >= 4 is 5.78 Å². The molecule has 0 amide bonds. The third-order valence-corrected chi connectivity index (χ3v) is 3.54. The number of hydrogen-bond donors (Lipinski definition) is 1. The molecule has 2 rings (SSSR count). The van der Waals surface area contributed by atoms with Crippen molar-refractivity contribution in [2.45, 2.75) is 19.5 Å². The van der Waals surface area contributed by atoms with Gasteiger partial charge in [0.05, 0.1) is 20.3 Å². The van der Waals surface area contributed by atoms with Crippen LogP contribution in [0.1, 0.15) is 22.8 Å². The summed E-state index contributed by atoms with van der Waals surface area (Å²) in [5.41, 5.74) is 1.78. The number of ether oxygens (including phenoxy) is 2. The van der Waals surface area contributed by atoms with Gasteiger partial charge in [0.1, 0.15) is 11.5 Å². The molecule has 0 fully saturated rings. The predicted molar refractivity (Wildman–Crippen MR) is 86.6 cm³/mol. The smallest absolute Gasteiger partial charge is 0.179 e. The van der Waals surface area contributed by atoms with Crippen LogP contribution in [0.15, 0.2) is 48.5 Å². The van der Waals surface area contributed by atoms with Gasteiger partial charge in [-0.25, -0.2) is 0 Å². The van der Waals surface area contributed by atoms with E-state index in [1.165, 1.54) is 0 Å². The molecule has 0 aliphatic carbocycles. The van der Waals surface area contributed by atoms with Gasteiger partial charge in [-0.1, -0.05) is 12.1 Å². The van der Waals surface area contributed by atoms with E-state index in [1.807, 2.05) is 31.2 Å². The normalized spacial score (nSPS) is 11.8. The minimum absolute atomic E-state index is 0.0659. The van der Waals surface area contributed by atoms with Crippen LogP contribution in [0.4, 0.5) is 0 Å². The van der Waals surface area contributed by atoms with Crippen LogP contribution in [0.2, 0.25) is 0 Å². The first-order chi connectivity index (χ1) is 10.6. The van der Waals surface area contributed by atoms with Crippen LogP contribution in [0.25, 0.3) is 0 Å². The minimum atomic E-state index is -0.254. The van der Waals surface area contributed by atoms with Crippen LogP contribution in [0.5, 0.6) is 11.5 Å². The summed E-state index contributed by atoms with van der Waals surface area (Å²) in [7, 11) is 3.25. The maximum atomic E-state index is 12.3. The Hall–Kier alpha value is -2.33. The number of nitrogens with one attached hydrogen (secondary N) is 1. The molecular weight excluding hydrogens is 278 g/mol. The molecule has 0 saturated carbocycles. The Morgan fingerprint density at radius 2 is 1.45 bits per heavy atom. The first-order valence-electron chi connectivity index (χ1n) is 7.18. The Morgan fingerprint density at radius 3 is 1.95 bits per heavy atom. The summed E-state index contributed by atoms with van der Waals surface area (Å²) in [5.74, 6) is 1.64. The van der Waals surface area contributed by atoms with E-state index in [0.717, 1.165) is 17.1 Å². The third kappa shape index (κ3) is 4.09. The van der Waals surface area contributed by atoms with Crippen LogP contribution in [0.3, 0.4) is 0 Å². The molecule has 2 aromatic rings. The first-order valence-corrected chi connectivity index (χ1v) is 7.18. The molecule has 4 heteroatoms. The molecule has 0 spiro atoms. The summed E-state index contributed by atoms with van der Waals surface area (Å²) < 4.78 is 10.2. The highest BCUT2D eigenvalue weighted by Gasteiger charge is 2.14. The highest BCUT2D eigenvalue weighted by molar-refractivity contribution is 5.99. The topological polar surface area (TPSA) is 47.6 Å². The lowest BCUT2D eigenvalue weighted by Gasteiger charge is -2.13. The van der Waals surface area contributed by atoms with Crippen molar-refractivity contribution in [1.82, 2.24) is 5.32 Å². The molecule has 0 aliphatic rings. The molecular formula is C18H21NO3. The van der Waals surface area contributed by atoms with Gasteiger partial charge in [-0.05, 0) is 48.9 Å². The molecule has 0 heterocycles. The highest BCUT2D eigenvalue weighted by Crippen LogP contribution is 2.14. The molecule has 0 saturated heterocycles. The predicted octanol–water partition coefficient (Wildman–Crippen LogP) is 3.06. The number of methoxy groups -OCH3 is 2. The maximum Gasteiger partial charge on any atom is 0.179 e. The van der Waals surface area contributed by atoms with E-state index in [-0.39, 0.29) is 11.8 Å². The Labute approximate surface area is 131 Å². The van der Waals surface area contributed by atoms with E-state index in [9.17, 15) is 4.79 Å². The molecule has 2 aromatic carbocycles. The molecule has 1 N–H and O–H groups in total. The van der Waals surface area contributed by atoms with Gasteiger partial charge >= 0.3 is 0 Å². The van der Waals surface area contributed by atoms with Crippen molar-refractivity contribution in [3.63, 3.8) is 0 Å². The monoisotopic (exact) mass is 299 g/mol. The van der Waals surface area contributed by atoms with E-state index in [1.54, 1.807) is 38.5 Å². The van der Waals surface area contributed by atoms with Gasteiger partial charge in [-0.3, -0.25) is 4.79 Å². The van der Waals surface area contributed by atoms with Crippen LogP contribution < -0.4 is 14.8 Å². The van der Waals surface area contributed by atoms with E-state index >= 15 is 0 Å². The third-order valence-electron chi connectivity index (χ3n) is 3.54. The summed E-state index contributed by atoms with van der Waals surface area (Å²) >= 11 is 0. The summed E-state index contributed by atoms with van der Waals surface area (Å²) in [6.45, 7) is 2.50.